The summed E-state index contributed by atoms with van der Waals surface area (Å²) in [4.78, 5) is 2.02. The lowest BCUT2D eigenvalue weighted by Crippen LogP contribution is -2.17. The van der Waals surface area contributed by atoms with Crippen LogP contribution in [0.15, 0.2) is 24.5 Å². The lowest BCUT2D eigenvalue weighted by molar-refractivity contribution is 0.766. The van der Waals surface area contributed by atoms with Gasteiger partial charge in [-0.15, -0.1) is 16.7 Å². The fourth-order valence-electron chi connectivity index (χ4n) is 1.54. The van der Waals surface area contributed by atoms with Crippen molar-refractivity contribution in [1.82, 2.24) is 20.0 Å². The third-order valence-electron chi connectivity index (χ3n) is 2.41. The van der Waals surface area contributed by atoms with Crippen LogP contribution >= 0.6 is 11.6 Å². The van der Waals surface area contributed by atoms with E-state index in [0.29, 0.717) is 5.88 Å². The van der Waals surface area contributed by atoms with Gasteiger partial charge in [-0.05, 0) is 12.1 Å². The minimum atomic E-state index is 0.388. The highest BCUT2D eigenvalue weighted by Crippen LogP contribution is 2.11. The van der Waals surface area contributed by atoms with Gasteiger partial charge in [0.25, 0.3) is 0 Å². The molecule has 5 nitrogen and oxygen atoms in total. The molecule has 0 aromatic carbocycles. The molecule has 0 aliphatic carbocycles. The molecule has 0 saturated heterocycles. The molecule has 2 heterocycles. The first-order valence-electron chi connectivity index (χ1n) is 5.26. The highest BCUT2D eigenvalue weighted by atomic mass is 35.5. The van der Waals surface area contributed by atoms with E-state index in [4.69, 9.17) is 11.6 Å². The van der Waals surface area contributed by atoms with Crippen LogP contribution in [0, 0.1) is 0 Å². The minimum Gasteiger partial charge on any atom is -0.354 e. The van der Waals surface area contributed by atoms with E-state index >= 15 is 0 Å². The summed E-state index contributed by atoms with van der Waals surface area (Å²) in [6.45, 7) is 0.753. The molecular formula is C11H14ClN5. The molecule has 2 aromatic heterocycles. The van der Waals surface area contributed by atoms with Crippen LogP contribution < -0.4 is 4.90 Å². The number of halogens is 1. The zero-order valence-electron chi connectivity index (χ0n) is 9.84. The Labute approximate surface area is 105 Å². The van der Waals surface area contributed by atoms with Crippen molar-refractivity contribution in [2.45, 2.75) is 12.4 Å². The van der Waals surface area contributed by atoms with Gasteiger partial charge in [0.1, 0.15) is 0 Å². The Bertz CT molecular complexity index is 479. The zero-order chi connectivity index (χ0) is 12.3. The van der Waals surface area contributed by atoms with E-state index in [1.165, 1.54) is 0 Å². The summed E-state index contributed by atoms with van der Waals surface area (Å²) in [5.74, 6) is 1.21. The van der Waals surface area contributed by atoms with Crippen molar-refractivity contribution in [3.8, 4) is 0 Å². The predicted octanol–water partition coefficient (Wildman–Crippen LogP) is 1.59. The lowest BCUT2D eigenvalue weighted by Gasteiger charge is -2.16. The first-order valence-corrected chi connectivity index (χ1v) is 5.79. The number of nitrogens with zero attached hydrogens (tertiary/aromatic N) is 5. The number of hydrogen-bond acceptors (Lipinski definition) is 4. The molecule has 0 bridgehead atoms. The fourth-order valence-corrected chi connectivity index (χ4v) is 1.68. The van der Waals surface area contributed by atoms with E-state index in [9.17, 15) is 0 Å². The normalized spacial score (nSPS) is 10.5. The van der Waals surface area contributed by atoms with E-state index in [2.05, 4.69) is 15.3 Å². The number of alkyl halides is 1. The van der Waals surface area contributed by atoms with Crippen molar-refractivity contribution in [2.24, 2.45) is 7.05 Å². The third kappa shape index (κ3) is 2.94. The Morgan fingerprint density at radius 3 is 2.71 bits per heavy atom. The Morgan fingerprint density at radius 1 is 1.35 bits per heavy atom. The first-order chi connectivity index (χ1) is 8.19. The highest BCUT2D eigenvalue weighted by molar-refractivity contribution is 6.16. The summed E-state index contributed by atoms with van der Waals surface area (Å²) < 4.78 is 1.78. The summed E-state index contributed by atoms with van der Waals surface area (Å²) in [6.07, 6.45) is 3.83. The van der Waals surface area contributed by atoms with Gasteiger partial charge in [0.15, 0.2) is 5.82 Å². The standard InChI is InChI=1S/C11H14ClN5/c1-16(7-9-6-13-17(2)8-9)11-4-3-10(5-12)14-15-11/h3-4,6,8H,5,7H2,1-2H3. The molecule has 0 aliphatic rings. The van der Waals surface area contributed by atoms with Crippen LogP contribution in [0.4, 0.5) is 5.82 Å². The van der Waals surface area contributed by atoms with Crippen molar-refractivity contribution in [1.29, 1.82) is 0 Å². The van der Waals surface area contributed by atoms with E-state index in [1.807, 2.05) is 43.5 Å². The number of aryl methyl sites for hydroxylation is 1. The molecule has 0 radical (unpaired) electrons. The maximum atomic E-state index is 5.66. The number of anilines is 1. The quantitative estimate of drug-likeness (QED) is 0.775. The average molecular weight is 252 g/mol. The number of hydrogen-bond donors (Lipinski definition) is 0. The van der Waals surface area contributed by atoms with Crippen molar-refractivity contribution < 1.29 is 0 Å². The molecule has 0 atom stereocenters. The SMILES string of the molecule is CN(Cc1cnn(C)c1)c1ccc(CCl)nn1. The molecule has 6 heteroatoms. The largest absolute Gasteiger partial charge is 0.354 e. The van der Waals surface area contributed by atoms with Gasteiger partial charge >= 0.3 is 0 Å². The number of aromatic nitrogens is 4. The molecule has 0 unspecified atom stereocenters. The summed E-state index contributed by atoms with van der Waals surface area (Å²) in [5.41, 5.74) is 1.92. The van der Waals surface area contributed by atoms with Gasteiger partial charge in [-0.1, -0.05) is 0 Å². The van der Waals surface area contributed by atoms with Gasteiger partial charge in [0.2, 0.25) is 0 Å². The van der Waals surface area contributed by atoms with E-state index < -0.39 is 0 Å². The molecule has 0 spiro atoms. The monoisotopic (exact) mass is 251 g/mol. The van der Waals surface area contributed by atoms with Crippen LogP contribution in [0.1, 0.15) is 11.3 Å². The van der Waals surface area contributed by atoms with Crippen LogP contribution in [0.25, 0.3) is 0 Å². The van der Waals surface area contributed by atoms with Crippen molar-refractivity contribution in [3.05, 3.63) is 35.8 Å². The Hall–Kier alpha value is -1.62. The zero-order valence-corrected chi connectivity index (χ0v) is 10.6. The molecule has 90 valence electrons. The van der Waals surface area contributed by atoms with Crippen LogP contribution in [0.3, 0.4) is 0 Å². The minimum absolute atomic E-state index is 0.388. The molecule has 2 rings (SSSR count). The van der Waals surface area contributed by atoms with Gasteiger partial charge in [-0.3, -0.25) is 4.68 Å². The Morgan fingerprint density at radius 2 is 2.18 bits per heavy atom. The molecule has 0 fully saturated rings. The lowest BCUT2D eigenvalue weighted by atomic mass is 10.3. The van der Waals surface area contributed by atoms with Gasteiger partial charge < -0.3 is 4.90 Å². The summed E-state index contributed by atoms with van der Waals surface area (Å²) in [6, 6.07) is 3.80. The van der Waals surface area contributed by atoms with Gasteiger partial charge in [0, 0.05) is 32.4 Å². The molecule has 2 aromatic rings. The van der Waals surface area contributed by atoms with Crippen LogP contribution in [-0.4, -0.2) is 27.0 Å². The van der Waals surface area contributed by atoms with Crippen molar-refractivity contribution in [3.63, 3.8) is 0 Å². The van der Waals surface area contributed by atoms with Gasteiger partial charge in [-0.2, -0.15) is 10.2 Å². The molecule has 0 N–H and O–H groups in total. The summed E-state index contributed by atoms with van der Waals surface area (Å²) in [7, 11) is 3.87. The fraction of sp³-hybridized carbons (Fsp3) is 0.364. The van der Waals surface area contributed by atoms with E-state index in [-0.39, 0.29) is 0 Å². The van der Waals surface area contributed by atoms with Crippen LogP contribution in [0.2, 0.25) is 0 Å². The maximum absolute atomic E-state index is 5.66. The van der Waals surface area contributed by atoms with Crippen molar-refractivity contribution in [2.75, 3.05) is 11.9 Å². The summed E-state index contributed by atoms with van der Waals surface area (Å²) in [5, 5.41) is 12.3. The second-order valence-corrected chi connectivity index (χ2v) is 4.16. The Kier molecular flexibility index (Phi) is 3.58. The predicted molar refractivity (Wildman–Crippen MR) is 66.9 cm³/mol. The second kappa shape index (κ2) is 5.14. The molecule has 0 aliphatic heterocycles. The smallest absolute Gasteiger partial charge is 0.151 e. The second-order valence-electron chi connectivity index (χ2n) is 3.89. The van der Waals surface area contributed by atoms with E-state index in [1.54, 1.807) is 4.68 Å². The number of rotatable bonds is 4. The van der Waals surface area contributed by atoms with Crippen molar-refractivity contribution >= 4 is 17.4 Å². The van der Waals surface area contributed by atoms with Crippen LogP contribution in [-0.2, 0) is 19.5 Å². The molecule has 0 amide bonds. The molecule has 17 heavy (non-hydrogen) atoms. The molecular weight excluding hydrogens is 238 g/mol. The Balaban J connectivity index is 2.06. The van der Waals surface area contributed by atoms with Gasteiger partial charge in [0.05, 0.1) is 17.8 Å². The van der Waals surface area contributed by atoms with E-state index in [0.717, 1.165) is 23.6 Å². The first kappa shape index (κ1) is 11.9. The van der Waals surface area contributed by atoms with Gasteiger partial charge in [-0.25, -0.2) is 0 Å². The third-order valence-corrected chi connectivity index (χ3v) is 2.69. The molecule has 0 saturated carbocycles. The average Bonchev–Trinajstić information content (AvgIpc) is 2.75. The highest BCUT2D eigenvalue weighted by Gasteiger charge is 2.05. The van der Waals surface area contributed by atoms with Crippen LogP contribution in [0.5, 0.6) is 0 Å². The topological polar surface area (TPSA) is 46.8 Å². The maximum Gasteiger partial charge on any atom is 0.151 e. The summed E-state index contributed by atoms with van der Waals surface area (Å²) >= 11 is 5.66.